The fourth-order valence-electron chi connectivity index (χ4n) is 3.06. The third-order valence-corrected chi connectivity index (χ3v) is 6.26. The van der Waals surface area contributed by atoms with E-state index >= 15 is 0 Å². The Balaban J connectivity index is 1.83. The molecule has 2 rings (SSSR count). The molecule has 0 radical (unpaired) electrons. The predicted molar refractivity (Wildman–Crippen MR) is 75.6 cm³/mol. The number of ether oxygens (including phenoxy) is 1. The van der Waals surface area contributed by atoms with E-state index in [1.807, 2.05) is 0 Å². The predicted octanol–water partition coefficient (Wildman–Crippen LogP) is 0.674. The third kappa shape index (κ3) is 4.41. The molecule has 0 spiro atoms. The number of sulfonamides is 1. The van der Waals surface area contributed by atoms with Crippen LogP contribution >= 0.6 is 0 Å². The summed E-state index contributed by atoms with van der Waals surface area (Å²) in [5.41, 5.74) is 0. The summed E-state index contributed by atoms with van der Waals surface area (Å²) < 4.78 is 31.6. The molecule has 2 fully saturated rings. The molecule has 1 N–H and O–H groups in total. The van der Waals surface area contributed by atoms with Gasteiger partial charge in [-0.1, -0.05) is 0 Å². The summed E-state index contributed by atoms with van der Waals surface area (Å²) in [6.07, 6.45) is 3.98. The van der Waals surface area contributed by atoms with Gasteiger partial charge in [-0.25, -0.2) is 12.7 Å². The summed E-state index contributed by atoms with van der Waals surface area (Å²) in [6, 6.07) is 0. The van der Waals surface area contributed by atoms with Crippen molar-refractivity contribution in [2.45, 2.75) is 25.7 Å². The van der Waals surface area contributed by atoms with Crippen molar-refractivity contribution >= 4 is 10.0 Å². The highest BCUT2D eigenvalue weighted by molar-refractivity contribution is 7.89. The van der Waals surface area contributed by atoms with Crippen LogP contribution in [0.15, 0.2) is 0 Å². The summed E-state index contributed by atoms with van der Waals surface area (Å²) in [5.74, 6) is 1.12. The highest BCUT2D eigenvalue weighted by Gasteiger charge is 2.30. The van der Waals surface area contributed by atoms with E-state index in [2.05, 4.69) is 5.32 Å². The Morgan fingerprint density at radius 3 is 2.53 bits per heavy atom. The van der Waals surface area contributed by atoms with Gasteiger partial charge in [0.2, 0.25) is 10.0 Å². The molecule has 5 nitrogen and oxygen atoms in total. The van der Waals surface area contributed by atoms with Crippen LogP contribution in [-0.4, -0.2) is 58.4 Å². The largest absolute Gasteiger partial charge is 0.384 e. The van der Waals surface area contributed by atoms with Gasteiger partial charge in [-0.15, -0.1) is 0 Å². The Labute approximate surface area is 116 Å². The lowest BCUT2D eigenvalue weighted by atomic mass is 9.99. The summed E-state index contributed by atoms with van der Waals surface area (Å²) in [6.45, 7) is 3.95. The molecule has 2 heterocycles. The van der Waals surface area contributed by atoms with Gasteiger partial charge >= 0.3 is 0 Å². The molecule has 0 amide bonds. The lowest BCUT2D eigenvalue weighted by molar-refractivity contribution is 0.121. The van der Waals surface area contributed by atoms with Gasteiger partial charge in [0.15, 0.2) is 0 Å². The molecule has 0 aliphatic carbocycles. The van der Waals surface area contributed by atoms with E-state index in [1.54, 1.807) is 11.4 Å². The Bertz CT molecular complexity index is 358. The van der Waals surface area contributed by atoms with Gasteiger partial charge in [-0.05, 0) is 50.6 Å². The molecular formula is C13H26N2O3S. The normalized spacial score (nSPS) is 27.5. The van der Waals surface area contributed by atoms with Gasteiger partial charge in [0, 0.05) is 26.8 Å². The first-order chi connectivity index (χ1) is 9.12. The Hall–Kier alpha value is -0.170. The molecule has 1 atom stereocenters. The quantitative estimate of drug-likeness (QED) is 0.809. The zero-order valence-electron chi connectivity index (χ0n) is 11.8. The fraction of sp³-hybridized carbons (Fsp3) is 1.00. The van der Waals surface area contributed by atoms with Gasteiger partial charge in [0.1, 0.15) is 0 Å². The minimum absolute atomic E-state index is 0.287. The van der Waals surface area contributed by atoms with Crippen LogP contribution in [0, 0.1) is 11.8 Å². The second-order valence-corrected chi connectivity index (χ2v) is 7.80. The lowest BCUT2D eigenvalue weighted by Crippen LogP contribution is -2.43. The minimum Gasteiger partial charge on any atom is -0.384 e. The van der Waals surface area contributed by atoms with E-state index in [0.29, 0.717) is 24.8 Å². The Morgan fingerprint density at radius 1 is 1.21 bits per heavy atom. The zero-order chi connectivity index (χ0) is 13.7. The Morgan fingerprint density at radius 2 is 1.95 bits per heavy atom. The van der Waals surface area contributed by atoms with Crippen LogP contribution in [0.3, 0.4) is 0 Å². The molecule has 0 saturated carbocycles. The SMILES string of the molecule is COCC1CCN(S(=O)(=O)CC2CCCNC2)CC1. The Kier molecular flexibility index (Phi) is 5.62. The van der Waals surface area contributed by atoms with Crippen molar-refractivity contribution in [1.82, 2.24) is 9.62 Å². The molecule has 1 unspecified atom stereocenters. The first-order valence-electron chi connectivity index (χ1n) is 7.29. The van der Waals surface area contributed by atoms with Gasteiger partial charge < -0.3 is 10.1 Å². The summed E-state index contributed by atoms with van der Waals surface area (Å²) in [7, 11) is -1.36. The first-order valence-corrected chi connectivity index (χ1v) is 8.90. The fourth-order valence-corrected chi connectivity index (χ4v) is 4.92. The van der Waals surface area contributed by atoms with Gasteiger partial charge in [-0.2, -0.15) is 0 Å². The molecule has 6 heteroatoms. The first kappa shape index (κ1) is 15.2. The number of methoxy groups -OCH3 is 1. The molecule has 0 aromatic rings. The number of nitrogens with one attached hydrogen (secondary N) is 1. The summed E-state index contributed by atoms with van der Waals surface area (Å²) >= 11 is 0. The van der Waals surface area contributed by atoms with Crippen molar-refractivity contribution in [1.29, 1.82) is 0 Å². The summed E-state index contributed by atoms with van der Waals surface area (Å²) in [4.78, 5) is 0. The number of piperidine rings is 2. The molecular weight excluding hydrogens is 264 g/mol. The average Bonchev–Trinajstić information content (AvgIpc) is 2.40. The van der Waals surface area contributed by atoms with Crippen molar-refractivity contribution in [2.75, 3.05) is 45.6 Å². The molecule has 112 valence electrons. The molecule has 0 aromatic carbocycles. The molecule has 2 aliphatic heterocycles. The van der Waals surface area contributed by atoms with Gasteiger partial charge in [-0.3, -0.25) is 0 Å². The van der Waals surface area contributed by atoms with E-state index in [1.165, 1.54) is 0 Å². The number of nitrogens with zero attached hydrogens (tertiary/aromatic N) is 1. The van der Waals surface area contributed by atoms with Crippen molar-refractivity contribution < 1.29 is 13.2 Å². The van der Waals surface area contributed by atoms with E-state index in [9.17, 15) is 8.42 Å². The van der Waals surface area contributed by atoms with Crippen LogP contribution in [0.25, 0.3) is 0 Å². The monoisotopic (exact) mass is 290 g/mol. The van der Waals surface area contributed by atoms with Crippen LogP contribution in [0.5, 0.6) is 0 Å². The topological polar surface area (TPSA) is 58.6 Å². The van der Waals surface area contributed by atoms with Crippen LogP contribution < -0.4 is 5.32 Å². The van der Waals surface area contributed by atoms with Crippen molar-refractivity contribution in [3.8, 4) is 0 Å². The minimum atomic E-state index is -3.07. The van der Waals surface area contributed by atoms with Crippen molar-refractivity contribution in [3.05, 3.63) is 0 Å². The highest BCUT2D eigenvalue weighted by atomic mass is 32.2. The van der Waals surface area contributed by atoms with Crippen LogP contribution in [0.4, 0.5) is 0 Å². The number of rotatable bonds is 5. The number of hydrogen-bond acceptors (Lipinski definition) is 4. The third-order valence-electron chi connectivity index (χ3n) is 4.21. The highest BCUT2D eigenvalue weighted by Crippen LogP contribution is 2.22. The standard InChI is InChI=1S/C13H26N2O3S/c1-18-10-12-4-7-15(8-5-12)19(16,17)11-13-3-2-6-14-9-13/h12-14H,2-11H2,1H3. The van der Waals surface area contributed by atoms with E-state index < -0.39 is 10.0 Å². The maximum absolute atomic E-state index is 12.4. The second-order valence-electron chi connectivity index (χ2n) is 5.79. The summed E-state index contributed by atoms with van der Waals surface area (Å²) in [5, 5.41) is 3.28. The number of hydrogen-bond donors (Lipinski definition) is 1. The second kappa shape index (κ2) is 7.02. The molecule has 0 aromatic heterocycles. The van der Waals surface area contributed by atoms with Crippen molar-refractivity contribution in [3.63, 3.8) is 0 Å². The van der Waals surface area contributed by atoms with Gasteiger partial charge in [0.05, 0.1) is 5.75 Å². The maximum atomic E-state index is 12.4. The van der Waals surface area contributed by atoms with Crippen LogP contribution in [0.2, 0.25) is 0 Å². The smallest absolute Gasteiger partial charge is 0.214 e. The molecule has 2 saturated heterocycles. The van der Waals surface area contributed by atoms with E-state index in [0.717, 1.165) is 45.4 Å². The maximum Gasteiger partial charge on any atom is 0.214 e. The van der Waals surface area contributed by atoms with Crippen LogP contribution in [0.1, 0.15) is 25.7 Å². The molecule has 0 bridgehead atoms. The average molecular weight is 290 g/mol. The zero-order valence-corrected chi connectivity index (χ0v) is 12.6. The van der Waals surface area contributed by atoms with Gasteiger partial charge in [0.25, 0.3) is 0 Å². The van der Waals surface area contributed by atoms with E-state index in [4.69, 9.17) is 4.74 Å². The van der Waals surface area contributed by atoms with E-state index in [-0.39, 0.29) is 5.92 Å². The molecule has 19 heavy (non-hydrogen) atoms. The lowest BCUT2D eigenvalue weighted by Gasteiger charge is -2.32. The van der Waals surface area contributed by atoms with Crippen molar-refractivity contribution in [2.24, 2.45) is 11.8 Å². The molecule has 2 aliphatic rings. The van der Waals surface area contributed by atoms with Crippen LogP contribution in [-0.2, 0) is 14.8 Å².